The molecule has 2 aliphatic rings. The number of ether oxygens (including phenoxy) is 2. The van der Waals surface area contributed by atoms with Gasteiger partial charge >= 0.3 is 0 Å². The molecule has 0 amide bonds. The molecule has 4 heteroatoms. The molecule has 0 unspecified atom stereocenters. The van der Waals surface area contributed by atoms with Crippen LogP contribution in [0, 0.1) is 0 Å². The van der Waals surface area contributed by atoms with Crippen molar-refractivity contribution in [2.75, 3.05) is 0 Å². The van der Waals surface area contributed by atoms with Crippen LogP contribution in [0.1, 0.15) is 0 Å². The van der Waals surface area contributed by atoms with Crippen molar-refractivity contribution in [3.63, 3.8) is 0 Å². The van der Waals surface area contributed by atoms with Crippen molar-refractivity contribution in [3.8, 4) is 23.0 Å². The van der Waals surface area contributed by atoms with Crippen LogP contribution >= 0.6 is 11.6 Å². The van der Waals surface area contributed by atoms with Gasteiger partial charge in [0.15, 0.2) is 0 Å². The van der Waals surface area contributed by atoms with Crippen LogP contribution in [0.2, 0.25) is 5.02 Å². The first-order valence-corrected chi connectivity index (χ1v) is 8.97. The van der Waals surface area contributed by atoms with Crippen molar-refractivity contribution >= 4 is 45.5 Å². The lowest BCUT2D eigenvalue weighted by atomic mass is 9.34. The largest absolute Gasteiger partial charge is 0.458 e. The minimum Gasteiger partial charge on any atom is -0.458 e. The molecule has 0 radical (unpaired) electrons. The van der Waals surface area contributed by atoms with Crippen LogP contribution in [0.25, 0.3) is 10.8 Å². The maximum atomic E-state index is 6.32. The van der Waals surface area contributed by atoms with E-state index in [1.165, 1.54) is 16.2 Å². The van der Waals surface area contributed by atoms with Gasteiger partial charge in [0.1, 0.15) is 23.0 Å². The number of fused-ring (bicyclic) bond motifs is 6. The van der Waals surface area contributed by atoms with Crippen LogP contribution in [0.5, 0.6) is 23.0 Å². The van der Waals surface area contributed by atoms with E-state index in [4.69, 9.17) is 21.1 Å². The second-order valence-electron chi connectivity index (χ2n) is 6.69. The smallest absolute Gasteiger partial charge is 0.261 e. The highest BCUT2D eigenvalue weighted by molar-refractivity contribution is 6.99. The summed E-state index contributed by atoms with van der Waals surface area (Å²) in [6.45, 7) is 0.0667. The Bertz CT molecular complexity index is 1200. The fraction of sp³-hybridized carbons (Fsp3) is 0. The lowest BCUT2D eigenvalue weighted by Gasteiger charge is -2.33. The second-order valence-corrected chi connectivity index (χ2v) is 7.13. The van der Waals surface area contributed by atoms with Crippen LogP contribution < -0.4 is 25.9 Å². The first-order valence-electron chi connectivity index (χ1n) is 8.59. The van der Waals surface area contributed by atoms with E-state index in [9.17, 15) is 0 Å². The predicted octanol–water partition coefficient (Wildman–Crippen LogP) is 4.22. The molecular weight excluding hydrogens is 343 g/mol. The molecule has 0 saturated carbocycles. The predicted molar refractivity (Wildman–Crippen MR) is 107 cm³/mol. The van der Waals surface area contributed by atoms with E-state index in [0.717, 1.165) is 33.9 Å². The number of benzene rings is 4. The van der Waals surface area contributed by atoms with E-state index in [0.29, 0.717) is 5.02 Å². The molecular formula is C22H12BClO2. The van der Waals surface area contributed by atoms with Gasteiger partial charge in [-0.2, -0.15) is 0 Å². The van der Waals surface area contributed by atoms with Gasteiger partial charge in [-0.15, -0.1) is 0 Å². The van der Waals surface area contributed by atoms with Crippen molar-refractivity contribution in [3.05, 3.63) is 77.8 Å². The zero-order chi connectivity index (χ0) is 17.3. The van der Waals surface area contributed by atoms with E-state index >= 15 is 0 Å². The summed E-state index contributed by atoms with van der Waals surface area (Å²) in [4.78, 5) is 0. The van der Waals surface area contributed by atoms with Gasteiger partial charge in [0.2, 0.25) is 0 Å². The number of hydrogen-bond acceptors (Lipinski definition) is 2. The highest BCUT2D eigenvalue weighted by Gasteiger charge is 2.41. The molecule has 4 aromatic carbocycles. The zero-order valence-electron chi connectivity index (χ0n) is 13.7. The third kappa shape index (κ3) is 1.84. The third-order valence-electron chi connectivity index (χ3n) is 5.25. The maximum absolute atomic E-state index is 6.32. The van der Waals surface area contributed by atoms with Gasteiger partial charge in [-0.1, -0.05) is 60.1 Å². The molecule has 0 spiro atoms. The van der Waals surface area contributed by atoms with Gasteiger partial charge in [0, 0.05) is 10.5 Å². The molecule has 2 nitrogen and oxygen atoms in total. The number of hydrogen-bond donors (Lipinski definition) is 0. The fourth-order valence-electron chi connectivity index (χ4n) is 4.19. The summed E-state index contributed by atoms with van der Waals surface area (Å²) < 4.78 is 12.4. The molecule has 0 saturated heterocycles. The Balaban J connectivity index is 1.76. The van der Waals surface area contributed by atoms with E-state index in [1.54, 1.807) is 0 Å². The van der Waals surface area contributed by atoms with Gasteiger partial charge in [-0.3, -0.25) is 0 Å². The van der Waals surface area contributed by atoms with Crippen LogP contribution in [-0.4, -0.2) is 6.71 Å². The molecule has 0 aliphatic carbocycles. The fourth-order valence-corrected chi connectivity index (χ4v) is 4.39. The van der Waals surface area contributed by atoms with Crippen molar-refractivity contribution < 1.29 is 9.47 Å². The summed E-state index contributed by atoms with van der Waals surface area (Å²) in [5, 5.41) is 3.03. The molecule has 4 aromatic rings. The molecule has 0 atom stereocenters. The van der Waals surface area contributed by atoms with Crippen molar-refractivity contribution in [1.29, 1.82) is 0 Å². The Labute approximate surface area is 156 Å². The summed E-state index contributed by atoms with van der Waals surface area (Å²) in [7, 11) is 0. The van der Waals surface area contributed by atoms with Crippen LogP contribution in [0.4, 0.5) is 0 Å². The highest BCUT2D eigenvalue weighted by Crippen LogP contribution is 2.37. The summed E-state index contributed by atoms with van der Waals surface area (Å²) in [5.41, 5.74) is 3.40. The number of rotatable bonds is 0. The van der Waals surface area contributed by atoms with Gasteiger partial charge in [0.25, 0.3) is 6.71 Å². The van der Waals surface area contributed by atoms with Crippen LogP contribution in [-0.2, 0) is 0 Å². The van der Waals surface area contributed by atoms with Crippen molar-refractivity contribution in [1.82, 2.24) is 0 Å². The average molecular weight is 355 g/mol. The molecule has 0 aromatic heterocycles. The van der Waals surface area contributed by atoms with E-state index in [-0.39, 0.29) is 6.71 Å². The monoisotopic (exact) mass is 354 g/mol. The Kier molecular flexibility index (Phi) is 2.78. The van der Waals surface area contributed by atoms with E-state index in [1.807, 2.05) is 24.3 Å². The Morgan fingerprint density at radius 3 is 2.27 bits per heavy atom. The number of para-hydroxylation sites is 1. The van der Waals surface area contributed by atoms with E-state index < -0.39 is 0 Å². The first-order chi connectivity index (χ1) is 12.8. The highest BCUT2D eigenvalue weighted by atomic mass is 35.5. The van der Waals surface area contributed by atoms with Gasteiger partial charge in [0.05, 0.1) is 0 Å². The summed E-state index contributed by atoms with van der Waals surface area (Å²) in [6.07, 6.45) is 0. The third-order valence-corrected chi connectivity index (χ3v) is 5.46. The minimum absolute atomic E-state index is 0.0667. The van der Waals surface area contributed by atoms with Gasteiger partial charge in [-0.25, -0.2) is 0 Å². The molecule has 122 valence electrons. The van der Waals surface area contributed by atoms with Crippen molar-refractivity contribution in [2.45, 2.75) is 0 Å². The Hall–Kier alpha value is -2.91. The van der Waals surface area contributed by atoms with Crippen molar-refractivity contribution in [2.24, 2.45) is 0 Å². The average Bonchev–Trinajstić information content (AvgIpc) is 2.67. The quantitative estimate of drug-likeness (QED) is 0.380. The van der Waals surface area contributed by atoms with Gasteiger partial charge < -0.3 is 9.47 Å². The zero-order valence-corrected chi connectivity index (χ0v) is 14.5. The molecule has 26 heavy (non-hydrogen) atoms. The Morgan fingerprint density at radius 2 is 1.38 bits per heavy atom. The standard InChI is InChI=1S/C22H12BClO2/c24-14-11-19-22-20(12-14)26-18-10-9-13-5-1-2-6-15(13)21(18)23(22)16-7-3-4-8-17(16)25-19/h1-12H. The van der Waals surface area contributed by atoms with Gasteiger partial charge in [-0.05, 0) is 46.0 Å². The first kappa shape index (κ1) is 14.3. The molecule has 0 N–H and O–H groups in total. The lowest BCUT2D eigenvalue weighted by Crippen LogP contribution is -2.57. The summed E-state index contributed by atoms with van der Waals surface area (Å²) in [6, 6.07) is 24.6. The normalized spacial score (nSPS) is 13.3. The SMILES string of the molecule is Clc1cc2c3c(c1)Oc1ccc4ccccc4c1B3c1ccccc1O2. The maximum Gasteiger partial charge on any atom is 0.261 e. The second kappa shape index (κ2) is 5.06. The summed E-state index contributed by atoms with van der Waals surface area (Å²) >= 11 is 6.32. The molecule has 0 fully saturated rings. The lowest BCUT2D eigenvalue weighted by molar-refractivity contribution is 0.465. The molecule has 2 heterocycles. The Morgan fingerprint density at radius 1 is 0.654 bits per heavy atom. The molecule has 6 rings (SSSR count). The molecule has 2 aliphatic heterocycles. The topological polar surface area (TPSA) is 18.5 Å². The number of halogens is 1. The van der Waals surface area contributed by atoms with Crippen LogP contribution in [0.15, 0.2) is 72.8 Å². The minimum atomic E-state index is 0.0667. The molecule has 0 bridgehead atoms. The summed E-state index contributed by atoms with van der Waals surface area (Å²) in [5.74, 6) is 3.30. The van der Waals surface area contributed by atoms with Crippen LogP contribution in [0.3, 0.4) is 0 Å². The van der Waals surface area contributed by atoms with E-state index in [2.05, 4.69) is 48.5 Å².